The number of hydrogen-bond donors (Lipinski definition) is 1. The molecule has 0 aromatic carbocycles. The minimum absolute atomic E-state index is 0.113. The SMILES string of the molecule is Cc1ccc(C(=O)O)c(OC(=O)N2CCN(C)CC2)n1. The number of carbonyl (C=O) groups excluding carboxylic acids is 1. The topological polar surface area (TPSA) is 83.0 Å². The average molecular weight is 279 g/mol. The molecule has 1 N–H and O–H groups in total. The Hall–Kier alpha value is -2.15. The summed E-state index contributed by atoms with van der Waals surface area (Å²) < 4.78 is 5.14. The molecule has 2 heterocycles. The molecule has 1 aliphatic heterocycles. The first-order chi connectivity index (χ1) is 9.47. The van der Waals surface area contributed by atoms with Crippen molar-refractivity contribution in [3.8, 4) is 5.88 Å². The van der Waals surface area contributed by atoms with Crippen molar-refractivity contribution in [2.75, 3.05) is 33.2 Å². The summed E-state index contributed by atoms with van der Waals surface area (Å²) in [5.41, 5.74) is 0.481. The number of aryl methyl sites for hydroxylation is 1. The second-order valence-corrected chi connectivity index (χ2v) is 4.77. The minimum atomic E-state index is -1.17. The van der Waals surface area contributed by atoms with Crippen LogP contribution in [0.1, 0.15) is 16.1 Å². The van der Waals surface area contributed by atoms with Gasteiger partial charge in [-0.15, -0.1) is 0 Å². The fraction of sp³-hybridized carbons (Fsp3) is 0.462. The Morgan fingerprint density at radius 1 is 1.25 bits per heavy atom. The van der Waals surface area contributed by atoms with Crippen LogP contribution in [0.5, 0.6) is 5.88 Å². The third-order valence-electron chi connectivity index (χ3n) is 3.18. The first kappa shape index (κ1) is 14.3. The van der Waals surface area contributed by atoms with E-state index in [0.717, 1.165) is 13.1 Å². The van der Waals surface area contributed by atoms with Crippen LogP contribution in [0.2, 0.25) is 0 Å². The Bertz CT molecular complexity index is 524. The van der Waals surface area contributed by atoms with E-state index in [1.54, 1.807) is 17.9 Å². The van der Waals surface area contributed by atoms with Gasteiger partial charge in [-0.1, -0.05) is 0 Å². The molecule has 20 heavy (non-hydrogen) atoms. The maximum absolute atomic E-state index is 12.0. The summed E-state index contributed by atoms with van der Waals surface area (Å²) in [5, 5.41) is 9.06. The number of ether oxygens (including phenoxy) is 1. The van der Waals surface area contributed by atoms with E-state index in [1.165, 1.54) is 6.07 Å². The normalized spacial score (nSPS) is 16.0. The lowest BCUT2D eigenvalue weighted by molar-refractivity contribution is 0.0691. The van der Waals surface area contributed by atoms with E-state index in [0.29, 0.717) is 18.8 Å². The van der Waals surface area contributed by atoms with Crippen LogP contribution < -0.4 is 4.74 Å². The van der Waals surface area contributed by atoms with Gasteiger partial charge in [0.25, 0.3) is 0 Å². The predicted octanol–water partition coefficient (Wildman–Crippen LogP) is 0.834. The molecule has 0 saturated carbocycles. The van der Waals surface area contributed by atoms with Gasteiger partial charge < -0.3 is 19.6 Å². The highest BCUT2D eigenvalue weighted by molar-refractivity contribution is 5.91. The summed E-state index contributed by atoms with van der Waals surface area (Å²) in [5.74, 6) is -1.32. The number of aromatic nitrogens is 1. The van der Waals surface area contributed by atoms with Crippen LogP contribution in [0.15, 0.2) is 12.1 Å². The molecule has 1 fully saturated rings. The molecule has 0 bridgehead atoms. The summed E-state index contributed by atoms with van der Waals surface area (Å²) in [6.07, 6.45) is -0.557. The van der Waals surface area contributed by atoms with Crippen molar-refractivity contribution in [3.63, 3.8) is 0 Å². The molecule has 7 nitrogen and oxygen atoms in total. The molecule has 0 spiro atoms. The molecule has 1 saturated heterocycles. The minimum Gasteiger partial charge on any atom is -0.477 e. The van der Waals surface area contributed by atoms with E-state index in [4.69, 9.17) is 9.84 Å². The number of carbonyl (C=O) groups is 2. The van der Waals surface area contributed by atoms with Gasteiger partial charge in [0.15, 0.2) is 0 Å². The fourth-order valence-electron chi connectivity index (χ4n) is 1.91. The lowest BCUT2D eigenvalue weighted by Crippen LogP contribution is -2.48. The van der Waals surface area contributed by atoms with Gasteiger partial charge in [0.05, 0.1) is 0 Å². The zero-order chi connectivity index (χ0) is 14.7. The third-order valence-corrected chi connectivity index (χ3v) is 3.18. The van der Waals surface area contributed by atoms with Crippen molar-refractivity contribution in [1.29, 1.82) is 0 Å². The van der Waals surface area contributed by atoms with Gasteiger partial charge in [0.1, 0.15) is 5.56 Å². The smallest absolute Gasteiger partial charge is 0.416 e. The van der Waals surface area contributed by atoms with Crippen LogP contribution in [-0.2, 0) is 0 Å². The highest BCUT2D eigenvalue weighted by Crippen LogP contribution is 2.17. The molecule has 0 radical (unpaired) electrons. The number of likely N-dealkylation sites (N-methyl/N-ethyl adjacent to an activating group) is 1. The molecule has 0 atom stereocenters. The average Bonchev–Trinajstić information content (AvgIpc) is 2.39. The molecule has 7 heteroatoms. The summed E-state index contributed by atoms with van der Waals surface area (Å²) in [6, 6.07) is 2.95. The Kier molecular flexibility index (Phi) is 4.19. The Labute approximate surface area is 116 Å². The number of nitrogens with zero attached hydrogens (tertiary/aromatic N) is 3. The number of pyridine rings is 1. The predicted molar refractivity (Wildman–Crippen MR) is 71.0 cm³/mol. The number of hydrogen-bond acceptors (Lipinski definition) is 5. The van der Waals surface area contributed by atoms with E-state index in [2.05, 4.69) is 9.88 Å². The first-order valence-corrected chi connectivity index (χ1v) is 6.33. The summed E-state index contributed by atoms with van der Waals surface area (Å²) >= 11 is 0. The Morgan fingerprint density at radius 2 is 1.90 bits per heavy atom. The van der Waals surface area contributed by atoms with Gasteiger partial charge in [0.2, 0.25) is 5.88 Å². The molecule has 1 aromatic heterocycles. The van der Waals surface area contributed by atoms with Crippen LogP contribution in [0, 0.1) is 6.92 Å². The molecule has 0 aliphatic carbocycles. The van der Waals surface area contributed by atoms with Crippen LogP contribution in [0.3, 0.4) is 0 Å². The van der Waals surface area contributed by atoms with E-state index in [-0.39, 0.29) is 11.4 Å². The van der Waals surface area contributed by atoms with Gasteiger partial charge in [-0.2, -0.15) is 0 Å². The fourth-order valence-corrected chi connectivity index (χ4v) is 1.91. The summed E-state index contributed by atoms with van der Waals surface area (Å²) in [6.45, 7) is 4.36. The number of aromatic carboxylic acids is 1. The highest BCUT2D eigenvalue weighted by atomic mass is 16.6. The molecule has 1 aliphatic rings. The second-order valence-electron chi connectivity index (χ2n) is 4.77. The van der Waals surface area contributed by atoms with Crippen molar-refractivity contribution >= 4 is 12.1 Å². The standard InChI is InChI=1S/C13H17N3O4/c1-9-3-4-10(12(17)18)11(14-9)20-13(19)16-7-5-15(2)6-8-16/h3-4H,5-8H2,1-2H3,(H,17,18). The van der Waals surface area contributed by atoms with Crippen molar-refractivity contribution in [3.05, 3.63) is 23.4 Å². The maximum atomic E-state index is 12.0. The Morgan fingerprint density at radius 3 is 2.50 bits per heavy atom. The number of carboxylic acid groups (broad SMARTS) is 1. The summed E-state index contributed by atoms with van der Waals surface area (Å²) in [7, 11) is 1.98. The van der Waals surface area contributed by atoms with E-state index in [1.807, 2.05) is 7.05 Å². The van der Waals surface area contributed by atoms with Crippen molar-refractivity contribution in [1.82, 2.24) is 14.8 Å². The van der Waals surface area contributed by atoms with Gasteiger partial charge >= 0.3 is 12.1 Å². The zero-order valence-corrected chi connectivity index (χ0v) is 11.5. The van der Waals surface area contributed by atoms with Gasteiger partial charge in [-0.25, -0.2) is 14.6 Å². The number of rotatable bonds is 2. The quantitative estimate of drug-likeness (QED) is 0.863. The van der Waals surface area contributed by atoms with Gasteiger partial charge in [-0.3, -0.25) is 0 Å². The second kappa shape index (κ2) is 5.87. The molecule has 108 valence electrons. The molecule has 2 rings (SSSR count). The van der Waals surface area contributed by atoms with Crippen molar-refractivity contribution < 1.29 is 19.4 Å². The number of piperazine rings is 1. The third kappa shape index (κ3) is 3.24. The number of carboxylic acids is 1. The van der Waals surface area contributed by atoms with Crippen LogP contribution >= 0.6 is 0 Å². The van der Waals surface area contributed by atoms with Crippen molar-refractivity contribution in [2.24, 2.45) is 0 Å². The molecule has 1 amide bonds. The maximum Gasteiger partial charge on any atom is 0.416 e. The highest BCUT2D eigenvalue weighted by Gasteiger charge is 2.23. The van der Waals surface area contributed by atoms with E-state index < -0.39 is 12.1 Å². The molecular formula is C13H17N3O4. The monoisotopic (exact) mass is 279 g/mol. The molecular weight excluding hydrogens is 262 g/mol. The first-order valence-electron chi connectivity index (χ1n) is 6.33. The van der Waals surface area contributed by atoms with E-state index in [9.17, 15) is 9.59 Å². The van der Waals surface area contributed by atoms with Crippen LogP contribution in [-0.4, -0.2) is 65.2 Å². The van der Waals surface area contributed by atoms with Crippen molar-refractivity contribution in [2.45, 2.75) is 6.92 Å². The lowest BCUT2D eigenvalue weighted by Gasteiger charge is -2.31. The Balaban J connectivity index is 2.11. The zero-order valence-electron chi connectivity index (χ0n) is 11.5. The number of amides is 1. The summed E-state index contributed by atoms with van der Waals surface area (Å²) in [4.78, 5) is 30.7. The van der Waals surface area contributed by atoms with Gasteiger partial charge in [-0.05, 0) is 26.1 Å². The van der Waals surface area contributed by atoms with Crippen LogP contribution in [0.25, 0.3) is 0 Å². The van der Waals surface area contributed by atoms with E-state index >= 15 is 0 Å². The largest absolute Gasteiger partial charge is 0.477 e. The van der Waals surface area contributed by atoms with Crippen LogP contribution in [0.4, 0.5) is 4.79 Å². The molecule has 1 aromatic rings. The molecule has 0 unspecified atom stereocenters. The lowest BCUT2D eigenvalue weighted by atomic mass is 10.2. The van der Waals surface area contributed by atoms with Gasteiger partial charge in [0, 0.05) is 31.9 Å².